The van der Waals surface area contributed by atoms with Gasteiger partial charge in [-0.25, -0.2) is 0 Å². The van der Waals surface area contributed by atoms with Gasteiger partial charge >= 0.3 is 0 Å². The number of nitrogens with two attached hydrogens (primary N) is 1. The molecule has 1 aromatic rings. The van der Waals surface area contributed by atoms with Crippen molar-refractivity contribution in [2.75, 3.05) is 17.3 Å². The van der Waals surface area contributed by atoms with Crippen LogP contribution in [-0.2, 0) is 5.54 Å². The van der Waals surface area contributed by atoms with E-state index in [9.17, 15) is 0 Å². The molecule has 1 aliphatic heterocycles. The molecule has 1 unspecified atom stereocenters. The normalized spacial score (nSPS) is 27.0. The lowest BCUT2D eigenvalue weighted by Gasteiger charge is -2.34. The first-order valence-electron chi connectivity index (χ1n) is 5.60. The van der Waals surface area contributed by atoms with E-state index >= 15 is 0 Å². The second-order valence-electron chi connectivity index (χ2n) is 4.40. The van der Waals surface area contributed by atoms with Crippen molar-refractivity contribution in [1.82, 2.24) is 10.1 Å². The van der Waals surface area contributed by atoms with Crippen LogP contribution in [0.1, 0.15) is 36.2 Å². The third-order valence-electron chi connectivity index (χ3n) is 3.22. The molecular weight excluding hydrogens is 278 g/mol. The fourth-order valence-electron chi connectivity index (χ4n) is 1.98. The third-order valence-corrected chi connectivity index (χ3v) is 5.97. The maximum Gasteiger partial charge on any atom is 0.240 e. The van der Waals surface area contributed by atoms with E-state index in [0.29, 0.717) is 11.1 Å². The van der Waals surface area contributed by atoms with Gasteiger partial charge < -0.3 is 10.3 Å². The molecule has 0 radical (unpaired) electrons. The minimum atomic E-state index is -0.297. The molecule has 1 saturated carbocycles. The number of hydrogen-bond donors (Lipinski definition) is 1. The van der Waals surface area contributed by atoms with E-state index in [1.165, 1.54) is 17.9 Å². The summed E-state index contributed by atoms with van der Waals surface area (Å²) in [6.45, 7) is 0. The Morgan fingerprint density at radius 1 is 1.35 bits per heavy atom. The number of thioether (sulfide) groups is 2. The van der Waals surface area contributed by atoms with E-state index in [-0.39, 0.29) is 17.9 Å². The number of halogens is 1. The second-order valence-corrected chi connectivity index (χ2v) is 6.86. The van der Waals surface area contributed by atoms with Gasteiger partial charge in [-0.2, -0.15) is 16.7 Å². The molecule has 4 nitrogen and oxygen atoms in total. The van der Waals surface area contributed by atoms with Crippen molar-refractivity contribution in [3.8, 4) is 0 Å². The Morgan fingerprint density at radius 3 is 2.76 bits per heavy atom. The van der Waals surface area contributed by atoms with E-state index in [1.807, 2.05) is 23.5 Å². The minimum Gasteiger partial charge on any atom is -0.338 e. The highest BCUT2D eigenvalue weighted by molar-refractivity contribution is 8.06. The first kappa shape index (κ1) is 13.5. The van der Waals surface area contributed by atoms with Crippen LogP contribution in [0.15, 0.2) is 4.52 Å². The minimum absolute atomic E-state index is 0. The molecule has 0 amide bonds. The van der Waals surface area contributed by atoms with E-state index in [0.717, 1.165) is 24.5 Å². The quantitative estimate of drug-likeness (QED) is 0.903. The van der Waals surface area contributed by atoms with Gasteiger partial charge in [0.15, 0.2) is 5.82 Å². The first-order valence-corrected chi connectivity index (χ1v) is 7.81. The lowest BCUT2D eigenvalue weighted by molar-refractivity contribution is 0.229. The number of rotatable bonds is 2. The topological polar surface area (TPSA) is 64.9 Å². The zero-order valence-corrected chi connectivity index (χ0v) is 11.9. The summed E-state index contributed by atoms with van der Waals surface area (Å²) in [5.41, 5.74) is 5.87. The van der Waals surface area contributed by atoms with Gasteiger partial charge in [-0.15, -0.1) is 24.2 Å². The van der Waals surface area contributed by atoms with Gasteiger partial charge in [0.25, 0.3) is 0 Å². The highest BCUT2D eigenvalue weighted by Gasteiger charge is 2.39. The molecule has 96 valence electrons. The van der Waals surface area contributed by atoms with Crippen molar-refractivity contribution >= 4 is 35.9 Å². The van der Waals surface area contributed by atoms with E-state index in [4.69, 9.17) is 10.3 Å². The van der Waals surface area contributed by atoms with Crippen LogP contribution in [0.4, 0.5) is 0 Å². The van der Waals surface area contributed by atoms with Crippen LogP contribution in [0, 0.1) is 0 Å². The summed E-state index contributed by atoms with van der Waals surface area (Å²) in [6, 6.07) is 0. The predicted octanol–water partition coefficient (Wildman–Crippen LogP) is 2.35. The Labute approximate surface area is 115 Å². The molecule has 2 fully saturated rings. The van der Waals surface area contributed by atoms with Crippen LogP contribution in [0.3, 0.4) is 0 Å². The van der Waals surface area contributed by atoms with Gasteiger partial charge in [-0.05, 0) is 19.3 Å². The van der Waals surface area contributed by atoms with Crippen molar-refractivity contribution in [3.63, 3.8) is 0 Å². The molecule has 2 aliphatic rings. The molecule has 0 bridgehead atoms. The summed E-state index contributed by atoms with van der Waals surface area (Å²) < 4.78 is 5.35. The molecule has 0 aromatic carbocycles. The van der Waals surface area contributed by atoms with Crippen molar-refractivity contribution in [2.24, 2.45) is 5.73 Å². The Balaban J connectivity index is 0.00000108. The maximum absolute atomic E-state index is 6.17. The van der Waals surface area contributed by atoms with Gasteiger partial charge in [-0.3, -0.25) is 0 Å². The van der Waals surface area contributed by atoms with Crippen LogP contribution in [0.25, 0.3) is 0 Å². The number of aromatic nitrogens is 2. The molecule has 0 spiro atoms. The smallest absolute Gasteiger partial charge is 0.240 e. The van der Waals surface area contributed by atoms with Crippen molar-refractivity contribution in [3.05, 3.63) is 11.7 Å². The van der Waals surface area contributed by atoms with Crippen LogP contribution < -0.4 is 5.73 Å². The Morgan fingerprint density at radius 2 is 2.18 bits per heavy atom. The van der Waals surface area contributed by atoms with Crippen molar-refractivity contribution in [1.29, 1.82) is 0 Å². The summed E-state index contributed by atoms with van der Waals surface area (Å²) >= 11 is 3.86. The average Bonchev–Trinajstić information content (AvgIpc) is 2.77. The van der Waals surface area contributed by atoms with Crippen molar-refractivity contribution < 1.29 is 4.52 Å². The Bertz CT molecular complexity index is 377. The molecule has 17 heavy (non-hydrogen) atoms. The maximum atomic E-state index is 6.17. The molecule has 1 saturated heterocycles. The highest BCUT2D eigenvalue weighted by Crippen LogP contribution is 2.40. The van der Waals surface area contributed by atoms with E-state index < -0.39 is 0 Å². The second kappa shape index (κ2) is 5.38. The standard InChI is InChI=1S/C10H15N3OS2.ClH/c11-10(2-1-3-10)9-12-8(14-13-9)7-6-15-4-5-16-7;/h7H,1-6,11H2;1H. The van der Waals surface area contributed by atoms with Gasteiger partial charge in [-0.1, -0.05) is 5.16 Å². The van der Waals surface area contributed by atoms with Gasteiger partial charge in [0.1, 0.15) is 0 Å². The Kier molecular flexibility index (Phi) is 4.28. The highest BCUT2D eigenvalue weighted by atomic mass is 35.5. The summed E-state index contributed by atoms with van der Waals surface area (Å²) in [4.78, 5) is 4.49. The molecule has 7 heteroatoms. The molecule has 1 aromatic heterocycles. The first-order chi connectivity index (χ1) is 7.78. The number of hydrogen-bond acceptors (Lipinski definition) is 6. The summed E-state index contributed by atoms with van der Waals surface area (Å²) in [6.07, 6.45) is 3.14. The monoisotopic (exact) mass is 293 g/mol. The lowest BCUT2D eigenvalue weighted by atomic mass is 9.77. The summed E-state index contributed by atoms with van der Waals surface area (Å²) in [7, 11) is 0. The van der Waals surface area contributed by atoms with Crippen molar-refractivity contribution in [2.45, 2.75) is 30.1 Å². The fraction of sp³-hybridized carbons (Fsp3) is 0.800. The number of nitrogens with zero attached hydrogens (tertiary/aromatic N) is 2. The lowest BCUT2D eigenvalue weighted by Crippen LogP contribution is -2.44. The molecule has 2 heterocycles. The summed E-state index contributed by atoms with van der Waals surface area (Å²) in [5.74, 6) is 4.95. The largest absolute Gasteiger partial charge is 0.338 e. The van der Waals surface area contributed by atoms with E-state index in [1.54, 1.807) is 0 Å². The van der Waals surface area contributed by atoms with Gasteiger partial charge in [0.05, 0.1) is 10.8 Å². The third kappa shape index (κ3) is 2.59. The van der Waals surface area contributed by atoms with Crippen LogP contribution >= 0.6 is 35.9 Å². The zero-order valence-electron chi connectivity index (χ0n) is 9.42. The molecular formula is C10H16ClN3OS2. The molecule has 2 N–H and O–H groups in total. The van der Waals surface area contributed by atoms with Crippen LogP contribution in [0.5, 0.6) is 0 Å². The SMILES string of the molecule is Cl.NC1(c2noc(C3CSCCS3)n2)CCC1. The summed E-state index contributed by atoms with van der Waals surface area (Å²) in [5, 5.41) is 4.42. The molecule has 1 aliphatic carbocycles. The zero-order chi connectivity index (χ0) is 11.0. The Hall–Kier alpha value is 0.0900. The van der Waals surface area contributed by atoms with Crippen LogP contribution in [-0.4, -0.2) is 27.4 Å². The molecule has 1 atom stereocenters. The molecule has 3 rings (SSSR count). The predicted molar refractivity (Wildman–Crippen MR) is 73.8 cm³/mol. The average molecular weight is 294 g/mol. The van der Waals surface area contributed by atoms with Gasteiger partial charge in [0.2, 0.25) is 5.89 Å². The fourth-order valence-corrected chi connectivity index (χ4v) is 4.56. The van der Waals surface area contributed by atoms with Gasteiger partial charge in [0, 0.05) is 17.3 Å². The van der Waals surface area contributed by atoms with E-state index in [2.05, 4.69) is 10.1 Å². The van der Waals surface area contributed by atoms with Crippen LogP contribution in [0.2, 0.25) is 0 Å².